The van der Waals surface area contributed by atoms with Crippen LogP contribution in [0.5, 0.6) is 0 Å². The molecule has 0 saturated heterocycles. The van der Waals surface area contributed by atoms with Crippen molar-refractivity contribution in [1.29, 1.82) is 0 Å². The number of hydrogen-bond acceptors (Lipinski definition) is 3. The van der Waals surface area contributed by atoms with E-state index in [1.54, 1.807) is 6.07 Å². The van der Waals surface area contributed by atoms with Gasteiger partial charge in [-0.15, -0.1) is 11.3 Å². The molecule has 0 aromatic carbocycles. The maximum Gasteiger partial charge on any atom is 0.265 e. The Balaban J connectivity index is 1.93. The van der Waals surface area contributed by atoms with E-state index < -0.39 is 0 Å². The van der Waals surface area contributed by atoms with Gasteiger partial charge in [0.2, 0.25) is 0 Å². The highest BCUT2D eigenvalue weighted by molar-refractivity contribution is 9.10. The predicted octanol–water partition coefficient (Wildman–Crippen LogP) is 3.72. The molecule has 19 heavy (non-hydrogen) atoms. The molecule has 0 atom stereocenters. The highest BCUT2D eigenvalue weighted by Gasteiger charge is 2.09. The Labute approximate surface area is 122 Å². The maximum absolute atomic E-state index is 12.0. The van der Waals surface area contributed by atoms with Gasteiger partial charge in [-0.2, -0.15) is 0 Å². The van der Waals surface area contributed by atoms with E-state index in [-0.39, 0.29) is 5.91 Å². The van der Waals surface area contributed by atoms with Crippen LogP contribution in [0.15, 0.2) is 40.4 Å². The molecule has 0 aliphatic heterocycles. The second kappa shape index (κ2) is 4.79. The average Bonchev–Trinajstić information content (AvgIpc) is 3.01. The van der Waals surface area contributed by atoms with Crippen molar-refractivity contribution in [3.8, 4) is 0 Å². The lowest BCUT2D eigenvalue weighted by Gasteiger charge is -2.05. The molecule has 0 fully saturated rings. The fourth-order valence-electron chi connectivity index (χ4n) is 1.81. The Morgan fingerprint density at radius 1 is 1.42 bits per heavy atom. The van der Waals surface area contributed by atoms with Gasteiger partial charge >= 0.3 is 0 Å². The van der Waals surface area contributed by atoms with Crippen molar-refractivity contribution < 1.29 is 4.79 Å². The number of rotatable bonds is 2. The summed E-state index contributed by atoms with van der Waals surface area (Å²) in [6.07, 6.45) is 1.87. The number of amides is 1. The molecule has 0 bridgehead atoms. The van der Waals surface area contributed by atoms with Crippen molar-refractivity contribution in [1.82, 2.24) is 9.38 Å². The molecule has 0 aliphatic rings. The number of carbonyl (C=O) groups excluding carboxylic acids is 1. The fourth-order valence-corrected chi connectivity index (χ4v) is 2.80. The largest absolute Gasteiger partial charge is 0.320 e. The summed E-state index contributed by atoms with van der Waals surface area (Å²) in [4.78, 5) is 17.0. The Bertz CT molecular complexity index is 749. The molecule has 1 N–H and O–H groups in total. The normalized spacial score (nSPS) is 10.8. The van der Waals surface area contributed by atoms with E-state index in [0.717, 1.165) is 21.6 Å². The van der Waals surface area contributed by atoms with Crippen LogP contribution in [0, 0.1) is 6.92 Å². The number of fused-ring (bicyclic) bond motifs is 1. The first-order chi connectivity index (χ1) is 9.15. The number of hydrogen-bond donors (Lipinski definition) is 1. The first kappa shape index (κ1) is 12.4. The number of aryl methyl sites for hydroxylation is 1. The van der Waals surface area contributed by atoms with E-state index in [9.17, 15) is 4.79 Å². The predicted molar refractivity (Wildman–Crippen MR) is 79.9 cm³/mol. The lowest BCUT2D eigenvalue weighted by molar-refractivity contribution is 0.103. The van der Waals surface area contributed by atoms with Crippen LogP contribution >= 0.6 is 27.3 Å². The van der Waals surface area contributed by atoms with Gasteiger partial charge in [0.05, 0.1) is 16.3 Å². The van der Waals surface area contributed by atoms with Crippen LogP contribution in [0.25, 0.3) is 5.65 Å². The SMILES string of the molecule is Cc1c(Br)nc2ccc(NC(=O)c3cccs3)cn12. The van der Waals surface area contributed by atoms with Crippen molar-refractivity contribution in [3.63, 3.8) is 0 Å². The summed E-state index contributed by atoms with van der Waals surface area (Å²) >= 11 is 4.82. The highest BCUT2D eigenvalue weighted by Crippen LogP contribution is 2.20. The van der Waals surface area contributed by atoms with E-state index in [0.29, 0.717) is 4.88 Å². The smallest absolute Gasteiger partial charge is 0.265 e. The minimum atomic E-state index is -0.0915. The van der Waals surface area contributed by atoms with E-state index in [1.165, 1.54) is 11.3 Å². The Kier molecular flexibility index (Phi) is 3.12. The Hall–Kier alpha value is -1.66. The van der Waals surface area contributed by atoms with Crippen LogP contribution in [0.3, 0.4) is 0 Å². The number of nitrogens with one attached hydrogen (secondary N) is 1. The summed E-state index contributed by atoms with van der Waals surface area (Å²) < 4.78 is 2.75. The van der Waals surface area contributed by atoms with Crippen molar-refractivity contribution >= 4 is 44.5 Å². The van der Waals surface area contributed by atoms with Crippen LogP contribution in [-0.4, -0.2) is 15.3 Å². The number of pyridine rings is 1. The molecule has 96 valence electrons. The number of aromatic nitrogens is 2. The summed E-state index contributed by atoms with van der Waals surface area (Å²) in [5.74, 6) is -0.0915. The number of halogens is 1. The van der Waals surface area contributed by atoms with Crippen molar-refractivity contribution in [2.75, 3.05) is 5.32 Å². The lowest BCUT2D eigenvalue weighted by atomic mass is 10.3. The third-order valence-corrected chi connectivity index (χ3v) is 4.42. The third kappa shape index (κ3) is 2.29. The minimum absolute atomic E-state index is 0.0915. The second-order valence-corrected chi connectivity index (χ2v) is 5.76. The van der Waals surface area contributed by atoms with Crippen molar-refractivity contribution in [2.45, 2.75) is 6.92 Å². The fraction of sp³-hybridized carbons (Fsp3) is 0.0769. The van der Waals surface area contributed by atoms with E-state index >= 15 is 0 Å². The van der Waals surface area contributed by atoms with E-state index in [1.807, 2.05) is 41.1 Å². The van der Waals surface area contributed by atoms with Gasteiger partial charge in [-0.3, -0.25) is 4.79 Å². The maximum atomic E-state index is 12.0. The molecular formula is C13H10BrN3OS. The summed E-state index contributed by atoms with van der Waals surface area (Å²) in [7, 11) is 0. The topological polar surface area (TPSA) is 46.4 Å². The second-order valence-electron chi connectivity index (χ2n) is 4.07. The van der Waals surface area contributed by atoms with Gasteiger partial charge in [0.25, 0.3) is 5.91 Å². The monoisotopic (exact) mass is 335 g/mol. The molecule has 3 rings (SSSR count). The van der Waals surface area contributed by atoms with Gasteiger partial charge in [0.15, 0.2) is 0 Å². The van der Waals surface area contributed by atoms with Crippen LogP contribution in [-0.2, 0) is 0 Å². The van der Waals surface area contributed by atoms with Crippen LogP contribution in [0.1, 0.15) is 15.4 Å². The Morgan fingerprint density at radius 2 is 2.26 bits per heavy atom. The first-order valence-corrected chi connectivity index (χ1v) is 7.31. The molecule has 1 amide bonds. The summed E-state index contributed by atoms with van der Waals surface area (Å²) in [6.45, 7) is 1.97. The number of thiophene rings is 1. The molecule has 0 unspecified atom stereocenters. The quantitative estimate of drug-likeness (QED) is 0.775. The van der Waals surface area contributed by atoms with Crippen molar-refractivity contribution in [3.05, 3.63) is 51.0 Å². The van der Waals surface area contributed by atoms with Gasteiger partial charge in [-0.25, -0.2) is 4.98 Å². The summed E-state index contributed by atoms with van der Waals surface area (Å²) in [6, 6.07) is 7.39. The number of carbonyl (C=O) groups is 1. The number of anilines is 1. The molecule has 0 saturated carbocycles. The zero-order chi connectivity index (χ0) is 13.4. The van der Waals surface area contributed by atoms with Gasteiger partial charge in [0.1, 0.15) is 10.3 Å². The molecule has 0 radical (unpaired) electrons. The van der Waals surface area contributed by atoms with E-state index in [4.69, 9.17) is 0 Å². The highest BCUT2D eigenvalue weighted by atomic mass is 79.9. The molecule has 3 heterocycles. The number of nitrogens with zero attached hydrogens (tertiary/aromatic N) is 2. The summed E-state index contributed by atoms with van der Waals surface area (Å²) in [5, 5.41) is 4.76. The molecular weight excluding hydrogens is 326 g/mol. The van der Waals surface area contributed by atoms with Crippen LogP contribution in [0.4, 0.5) is 5.69 Å². The van der Waals surface area contributed by atoms with Crippen LogP contribution in [0.2, 0.25) is 0 Å². The molecule has 4 nitrogen and oxygen atoms in total. The van der Waals surface area contributed by atoms with Gasteiger partial charge in [-0.05, 0) is 46.4 Å². The van der Waals surface area contributed by atoms with Gasteiger partial charge < -0.3 is 9.72 Å². The summed E-state index contributed by atoms with van der Waals surface area (Å²) in [5.41, 5.74) is 2.60. The molecule has 0 aliphatic carbocycles. The minimum Gasteiger partial charge on any atom is -0.320 e. The van der Waals surface area contributed by atoms with Gasteiger partial charge in [-0.1, -0.05) is 6.07 Å². The van der Waals surface area contributed by atoms with Crippen LogP contribution < -0.4 is 5.32 Å². The molecule has 3 aromatic rings. The van der Waals surface area contributed by atoms with Gasteiger partial charge in [0, 0.05) is 6.20 Å². The number of imidazole rings is 1. The Morgan fingerprint density at radius 3 is 3.00 bits per heavy atom. The zero-order valence-corrected chi connectivity index (χ0v) is 12.5. The lowest BCUT2D eigenvalue weighted by Crippen LogP contribution is -2.10. The zero-order valence-electron chi connectivity index (χ0n) is 10.1. The third-order valence-electron chi connectivity index (χ3n) is 2.80. The standard InChI is InChI=1S/C13H10BrN3OS/c1-8-12(14)16-11-5-4-9(7-17(8)11)15-13(18)10-3-2-6-19-10/h2-7H,1H3,(H,15,18). The van der Waals surface area contributed by atoms with Crippen molar-refractivity contribution in [2.24, 2.45) is 0 Å². The molecule has 0 spiro atoms. The molecule has 3 aromatic heterocycles. The first-order valence-electron chi connectivity index (χ1n) is 5.64. The van der Waals surface area contributed by atoms with E-state index in [2.05, 4.69) is 26.2 Å². The molecule has 6 heteroatoms. The average molecular weight is 336 g/mol.